The largest absolute Gasteiger partial charge is 0.381 e. The Labute approximate surface area is 114 Å². The lowest BCUT2D eigenvalue weighted by Gasteiger charge is -2.09. The maximum atomic E-state index is 13.1. The summed E-state index contributed by atoms with van der Waals surface area (Å²) in [6, 6.07) is 3.73. The third kappa shape index (κ3) is 5.26. The lowest BCUT2D eigenvalue weighted by molar-refractivity contribution is 0.133. The molecular formula is C13H20FNO3S. The summed E-state index contributed by atoms with van der Waals surface area (Å²) in [6.45, 7) is 5.12. The van der Waals surface area contributed by atoms with Crippen LogP contribution in [0.3, 0.4) is 0 Å². The van der Waals surface area contributed by atoms with Crippen molar-refractivity contribution in [1.82, 2.24) is 4.72 Å². The van der Waals surface area contributed by atoms with Gasteiger partial charge in [-0.2, -0.15) is 0 Å². The van der Waals surface area contributed by atoms with Crippen molar-refractivity contribution >= 4 is 10.0 Å². The molecule has 0 atom stereocenters. The Balaban J connectivity index is 2.54. The van der Waals surface area contributed by atoms with Gasteiger partial charge in [0.2, 0.25) is 10.0 Å². The van der Waals surface area contributed by atoms with Gasteiger partial charge < -0.3 is 4.74 Å². The normalized spacial score (nSPS) is 11.7. The number of ether oxygens (including phenoxy) is 1. The Morgan fingerprint density at radius 2 is 2.05 bits per heavy atom. The maximum Gasteiger partial charge on any atom is 0.240 e. The Kier molecular flexibility index (Phi) is 6.41. The number of nitrogens with one attached hydrogen (secondary N) is 1. The average Bonchev–Trinajstić information content (AvgIpc) is 2.36. The molecule has 0 bridgehead atoms. The van der Waals surface area contributed by atoms with Crippen LogP contribution in [0.2, 0.25) is 0 Å². The van der Waals surface area contributed by atoms with Gasteiger partial charge in [-0.25, -0.2) is 17.5 Å². The van der Waals surface area contributed by atoms with Gasteiger partial charge in [0.05, 0.1) is 4.90 Å². The predicted molar refractivity (Wildman–Crippen MR) is 72.1 cm³/mol. The fourth-order valence-electron chi connectivity index (χ4n) is 1.57. The SMILES string of the molecule is CCCOCCCNS(=O)(=O)c1cc(F)ccc1C. The van der Waals surface area contributed by atoms with Gasteiger partial charge in [0.1, 0.15) is 5.82 Å². The molecule has 1 N–H and O–H groups in total. The van der Waals surface area contributed by atoms with Gasteiger partial charge >= 0.3 is 0 Å². The first-order chi connectivity index (χ1) is 8.97. The molecule has 6 heteroatoms. The number of hydrogen-bond donors (Lipinski definition) is 1. The predicted octanol–water partition coefficient (Wildman–Crippen LogP) is 2.23. The number of rotatable bonds is 8. The molecule has 0 radical (unpaired) electrons. The van der Waals surface area contributed by atoms with Crippen molar-refractivity contribution in [2.24, 2.45) is 0 Å². The van der Waals surface area contributed by atoms with Crippen LogP contribution in [0.25, 0.3) is 0 Å². The molecule has 0 fully saturated rings. The molecule has 0 aliphatic heterocycles. The van der Waals surface area contributed by atoms with Crippen LogP contribution < -0.4 is 4.72 Å². The number of sulfonamides is 1. The first-order valence-electron chi connectivity index (χ1n) is 6.31. The summed E-state index contributed by atoms with van der Waals surface area (Å²) in [5.74, 6) is -0.558. The highest BCUT2D eigenvalue weighted by molar-refractivity contribution is 7.89. The average molecular weight is 289 g/mol. The summed E-state index contributed by atoms with van der Waals surface area (Å²) >= 11 is 0. The topological polar surface area (TPSA) is 55.4 Å². The number of halogens is 1. The van der Waals surface area contributed by atoms with E-state index in [1.54, 1.807) is 6.92 Å². The molecule has 0 aliphatic carbocycles. The molecule has 0 unspecified atom stereocenters. The molecule has 4 nitrogen and oxygen atoms in total. The van der Waals surface area contributed by atoms with Crippen molar-refractivity contribution in [3.05, 3.63) is 29.6 Å². The van der Waals surface area contributed by atoms with Gasteiger partial charge in [-0.1, -0.05) is 13.0 Å². The Hall–Kier alpha value is -0.980. The van der Waals surface area contributed by atoms with E-state index in [0.717, 1.165) is 12.5 Å². The maximum absolute atomic E-state index is 13.1. The molecule has 0 aromatic heterocycles. The van der Waals surface area contributed by atoms with E-state index in [1.807, 2.05) is 6.92 Å². The molecule has 1 rings (SSSR count). The van der Waals surface area contributed by atoms with Crippen LogP contribution in [0.15, 0.2) is 23.1 Å². The van der Waals surface area contributed by atoms with E-state index in [2.05, 4.69) is 4.72 Å². The molecule has 1 aromatic carbocycles. The Morgan fingerprint density at radius 1 is 1.32 bits per heavy atom. The molecule has 0 amide bonds. The third-order valence-corrected chi connectivity index (χ3v) is 4.15. The fraction of sp³-hybridized carbons (Fsp3) is 0.538. The van der Waals surface area contributed by atoms with Crippen LogP contribution in [-0.4, -0.2) is 28.2 Å². The second-order valence-corrected chi connectivity index (χ2v) is 6.01. The number of hydrogen-bond acceptors (Lipinski definition) is 3. The van der Waals surface area contributed by atoms with E-state index in [4.69, 9.17) is 4.74 Å². The van der Waals surface area contributed by atoms with E-state index in [-0.39, 0.29) is 11.4 Å². The molecular weight excluding hydrogens is 269 g/mol. The first-order valence-corrected chi connectivity index (χ1v) is 7.79. The summed E-state index contributed by atoms with van der Waals surface area (Å²) in [5, 5.41) is 0. The molecule has 0 spiro atoms. The lowest BCUT2D eigenvalue weighted by atomic mass is 10.2. The molecule has 0 saturated carbocycles. The van der Waals surface area contributed by atoms with Gasteiger partial charge in [0.25, 0.3) is 0 Å². The van der Waals surface area contributed by atoms with Gasteiger partial charge in [-0.05, 0) is 37.5 Å². The van der Waals surface area contributed by atoms with Crippen molar-refractivity contribution < 1.29 is 17.5 Å². The van der Waals surface area contributed by atoms with Crippen molar-refractivity contribution in [3.63, 3.8) is 0 Å². The standard InChI is InChI=1S/C13H20FNO3S/c1-3-8-18-9-4-7-15-19(16,17)13-10-12(14)6-5-11(13)2/h5-6,10,15H,3-4,7-9H2,1-2H3. The van der Waals surface area contributed by atoms with Crippen molar-refractivity contribution in [3.8, 4) is 0 Å². The van der Waals surface area contributed by atoms with Crippen molar-refractivity contribution in [2.75, 3.05) is 19.8 Å². The van der Waals surface area contributed by atoms with E-state index in [0.29, 0.717) is 25.2 Å². The Morgan fingerprint density at radius 3 is 2.74 bits per heavy atom. The molecule has 0 saturated heterocycles. The van der Waals surface area contributed by atoms with Crippen LogP contribution in [0.1, 0.15) is 25.3 Å². The zero-order chi connectivity index (χ0) is 14.3. The number of aryl methyl sites for hydroxylation is 1. The van der Waals surface area contributed by atoms with Crippen LogP contribution in [0.5, 0.6) is 0 Å². The van der Waals surface area contributed by atoms with Crippen LogP contribution in [-0.2, 0) is 14.8 Å². The Bertz CT molecular complexity index is 503. The summed E-state index contributed by atoms with van der Waals surface area (Å²) < 4.78 is 44.7. The summed E-state index contributed by atoms with van der Waals surface area (Å²) in [6.07, 6.45) is 1.53. The smallest absolute Gasteiger partial charge is 0.240 e. The lowest BCUT2D eigenvalue weighted by Crippen LogP contribution is -2.26. The van der Waals surface area contributed by atoms with Crippen LogP contribution in [0.4, 0.5) is 4.39 Å². The highest BCUT2D eigenvalue weighted by Crippen LogP contribution is 2.15. The van der Waals surface area contributed by atoms with Gasteiger partial charge in [-0.15, -0.1) is 0 Å². The van der Waals surface area contributed by atoms with Crippen LogP contribution >= 0.6 is 0 Å². The molecule has 0 heterocycles. The van der Waals surface area contributed by atoms with Gasteiger partial charge in [0, 0.05) is 19.8 Å². The minimum atomic E-state index is -3.65. The second-order valence-electron chi connectivity index (χ2n) is 4.27. The second kappa shape index (κ2) is 7.57. The summed E-state index contributed by atoms with van der Waals surface area (Å²) in [7, 11) is -3.65. The van der Waals surface area contributed by atoms with Crippen molar-refractivity contribution in [2.45, 2.75) is 31.6 Å². The third-order valence-electron chi connectivity index (χ3n) is 2.55. The van der Waals surface area contributed by atoms with E-state index in [9.17, 15) is 12.8 Å². The highest BCUT2D eigenvalue weighted by Gasteiger charge is 2.16. The monoisotopic (exact) mass is 289 g/mol. The van der Waals surface area contributed by atoms with E-state index in [1.165, 1.54) is 12.1 Å². The van der Waals surface area contributed by atoms with Gasteiger partial charge in [-0.3, -0.25) is 0 Å². The highest BCUT2D eigenvalue weighted by atomic mass is 32.2. The summed E-state index contributed by atoms with van der Waals surface area (Å²) in [4.78, 5) is -0.0121. The van der Waals surface area contributed by atoms with E-state index < -0.39 is 15.8 Å². The zero-order valence-electron chi connectivity index (χ0n) is 11.3. The molecule has 0 aliphatic rings. The zero-order valence-corrected chi connectivity index (χ0v) is 12.1. The number of benzene rings is 1. The van der Waals surface area contributed by atoms with Crippen LogP contribution in [0, 0.1) is 12.7 Å². The minimum Gasteiger partial charge on any atom is -0.381 e. The summed E-state index contributed by atoms with van der Waals surface area (Å²) in [5.41, 5.74) is 0.524. The quantitative estimate of drug-likeness (QED) is 0.747. The first kappa shape index (κ1) is 16.1. The van der Waals surface area contributed by atoms with Crippen molar-refractivity contribution in [1.29, 1.82) is 0 Å². The molecule has 1 aromatic rings. The van der Waals surface area contributed by atoms with E-state index >= 15 is 0 Å². The molecule has 108 valence electrons. The van der Waals surface area contributed by atoms with Gasteiger partial charge in [0.15, 0.2) is 0 Å². The fourth-order valence-corrected chi connectivity index (χ4v) is 2.90. The minimum absolute atomic E-state index is 0.0121. The molecule has 19 heavy (non-hydrogen) atoms.